The maximum absolute atomic E-state index is 13.0. The Bertz CT molecular complexity index is 1180. The molecule has 3 heterocycles. The highest BCUT2D eigenvalue weighted by atomic mass is 35.5. The minimum Gasteiger partial charge on any atom is -0.345 e. The van der Waals surface area contributed by atoms with Crippen molar-refractivity contribution in [3.8, 4) is 10.6 Å². The topological polar surface area (TPSA) is 63.5 Å². The number of fused-ring (bicyclic) bond motifs is 1. The number of hydrogen-bond acceptors (Lipinski definition) is 5. The largest absolute Gasteiger partial charge is 0.345 e. The zero-order valence-corrected chi connectivity index (χ0v) is 16.6. The van der Waals surface area contributed by atoms with Gasteiger partial charge in [-0.2, -0.15) is 0 Å². The van der Waals surface area contributed by atoms with Crippen LogP contribution < -0.4 is 10.9 Å². The molecule has 1 amide bonds. The molecule has 1 unspecified atom stereocenters. The van der Waals surface area contributed by atoms with E-state index in [-0.39, 0.29) is 11.6 Å². The summed E-state index contributed by atoms with van der Waals surface area (Å²) in [5.41, 5.74) is 1.27. The number of thiophene rings is 1. The molecule has 5 nitrogen and oxygen atoms in total. The number of carbonyl (C=O) groups is 1. The molecule has 4 rings (SSSR count). The molecule has 0 aliphatic rings. The van der Waals surface area contributed by atoms with Gasteiger partial charge in [0.2, 0.25) is 0 Å². The van der Waals surface area contributed by atoms with Gasteiger partial charge in [0.1, 0.15) is 5.56 Å². The zero-order chi connectivity index (χ0) is 19.0. The van der Waals surface area contributed by atoms with E-state index in [1.54, 1.807) is 6.07 Å². The van der Waals surface area contributed by atoms with Gasteiger partial charge in [-0.1, -0.05) is 41.9 Å². The number of amides is 1. The summed E-state index contributed by atoms with van der Waals surface area (Å²) in [7, 11) is 0. The van der Waals surface area contributed by atoms with E-state index in [1.807, 2.05) is 48.7 Å². The lowest BCUT2D eigenvalue weighted by molar-refractivity contribution is 0.0938. The summed E-state index contributed by atoms with van der Waals surface area (Å²) >= 11 is 8.74. The van der Waals surface area contributed by atoms with E-state index >= 15 is 0 Å². The molecule has 0 saturated carbocycles. The lowest BCUT2D eigenvalue weighted by Gasteiger charge is -2.14. The van der Waals surface area contributed by atoms with Crippen molar-refractivity contribution in [2.45, 2.75) is 13.0 Å². The number of carbonyl (C=O) groups excluding carboxylic acids is 1. The van der Waals surface area contributed by atoms with Crippen LogP contribution >= 0.6 is 34.3 Å². The van der Waals surface area contributed by atoms with Crippen molar-refractivity contribution in [3.05, 3.63) is 79.9 Å². The van der Waals surface area contributed by atoms with E-state index in [1.165, 1.54) is 33.3 Å². The van der Waals surface area contributed by atoms with Crippen molar-refractivity contribution in [1.29, 1.82) is 0 Å². The molecule has 0 spiro atoms. The lowest BCUT2D eigenvalue weighted by atomic mass is 10.1. The lowest BCUT2D eigenvalue weighted by Crippen LogP contribution is -2.33. The fraction of sp³-hybridized carbons (Fsp3) is 0.105. The molecule has 136 valence electrons. The van der Waals surface area contributed by atoms with Gasteiger partial charge in [0, 0.05) is 11.6 Å². The number of benzene rings is 1. The van der Waals surface area contributed by atoms with Crippen LogP contribution in [0.1, 0.15) is 28.9 Å². The predicted molar refractivity (Wildman–Crippen MR) is 110 cm³/mol. The molecule has 1 aromatic carbocycles. The first-order valence-electron chi connectivity index (χ1n) is 8.15. The van der Waals surface area contributed by atoms with Crippen LogP contribution in [0.15, 0.2) is 58.8 Å². The Kier molecular flexibility index (Phi) is 4.82. The molecule has 8 heteroatoms. The molecule has 27 heavy (non-hydrogen) atoms. The molecule has 0 aliphatic heterocycles. The van der Waals surface area contributed by atoms with E-state index in [9.17, 15) is 9.59 Å². The molecule has 0 fully saturated rings. The van der Waals surface area contributed by atoms with Gasteiger partial charge < -0.3 is 5.32 Å². The van der Waals surface area contributed by atoms with Crippen molar-refractivity contribution >= 4 is 45.1 Å². The summed E-state index contributed by atoms with van der Waals surface area (Å²) in [4.78, 5) is 31.4. The average Bonchev–Trinajstić information content (AvgIpc) is 3.29. The Morgan fingerprint density at radius 1 is 1.22 bits per heavy atom. The number of hydrogen-bond donors (Lipinski definition) is 1. The fourth-order valence-corrected chi connectivity index (χ4v) is 4.75. The molecule has 0 radical (unpaired) electrons. The second-order valence-electron chi connectivity index (χ2n) is 5.93. The van der Waals surface area contributed by atoms with Crippen LogP contribution in [0.2, 0.25) is 4.34 Å². The van der Waals surface area contributed by atoms with Gasteiger partial charge in [-0.05, 0) is 24.6 Å². The summed E-state index contributed by atoms with van der Waals surface area (Å²) < 4.78 is 2.10. The SMILES string of the molecule is CC(NC(=O)c1cnc2scc(-c3ccc(Cl)s3)n2c1=O)c1ccccc1. The third kappa shape index (κ3) is 3.41. The quantitative estimate of drug-likeness (QED) is 0.528. The summed E-state index contributed by atoms with van der Waals surface area (Å²) in [6, 6.07) is 13.0. The molecule has 3 aromatic heterocycles. The van der Waals surface area contributed by atoms with E-state index in [4.69, 9.17) is 11.6 Å². The highest BCUT2D eigenvalue weighted by molar-refractivity contribution is 7.20. The third-order valence-corrected chi connectivity index (χ3v) is 6.26. The maximum Gasteiger partial charge on any atom is 0.271 e. The van der Waals surface area contributed by atoms with Crippen LogP contribution in [-0.2, 0) is 0 Å². The standard InChI is InChI=1S/C19H14ClN3O2S2/c1-11(12-5-3-2-4-6-12)22-17(24)13-9-21-19-23(18(13)25)14(10-26-19)15-7-8-16(20)27-15/h2-11H,1H3,(H,22,24). The molecule has 0 aliphatic carbocycles. The summed E-state index contributed by atoms with van der Waals surface area (Å²) in [5, 5.41) is 4.71. The number of nitrogens with zero attached hydrogens (tertiary/aromatic N) is 2. The van der Waals surface area contributed by atoms with E-state index in [0.29, 0.717) is 15.0 Å². The van der Waals surface area contributed by atoms with Crippen LogP contribution in [0.25, 0.3) is 15.5 Å². The Hall–Kier alpha value is -2.48. The number of thiazole rings is 1. The van der Waals surface area contributed by atoms with E-state index in [0.717, 1.165) is 10.4 Å². The molecule has 4 aromatic rings. The Balaban J connectivity index is 1.71. The molecule has 1 atom stereocenters. The summed E-state index contributed by atoms with van der Waals surface area (Å²) in [6.45, 7) is 1.88. The van der Waals surface area contributed by atoms with Gasteiger partial charge >= 0.3 is 0 Å². The Morgan fingerprint density at radius 2 is 2.00 bits per heavy atom. The highest BCUT2D eigenvalue weighted by Gasteiger charge is 2.19. The van der Waals surface area contributed by atoms with Crippen LogP contribution in [0.5, 0.6) is 0 Å². The number of rotatable bonds is 4. The minimum atomic E-state index is -0.445. The van der Waals surface area contributed by atoms with Crippen LogP contribution in [0.3, 0.4) is 0 Å². The smallest absolute Gasteiger partial charge is 0.271 e. The van der Waals surface area contributed by atoms with Gasteiger partial charge in [-0.25, -0.2) is 9.38 Å². The summed E-state index contributed by atoms with van der Waals surface area (Å²) in [5.74, 6) is -0.445. The molecular weight excluding hydrogens is 402 g/mol. The normalized spacial score (nSPS) is 12.2. The first-order valence-corrected chi connectivity index (χ1v) is 10.2. The maximum atomic E-state index is 13.0. The van der Waals surface area contributed by atoms with Crippen LogP contribution in [-0.4, -0.2) is 15.3 Å². The Labute approximate surface area is 167 Å². The van der Waals surface area contributed by atoms with Crippen molar-refractivity contribution in [3.63, 3.8) is 0 Å². The number of nitrogens with one attached hydrogen (secondary N) is 1. The second-order valence-corrected chi connectivity index (χ2v) is 8.48. The number of aromatic nitrogens is 2. The van der Waals surface area contributed by atoms with E-state index < -0.39 is 11.5 Å². The molecule has 0 saturated heterocycles. The number of halogens is 1. The first kappa shape index (κ1) is 17.9. The van der Waals surface area contributed by atoms with Gasteiger partial charge in [-0.15, -0.1) is 22.7 Å². The van der Waals surface area contributed by atoms with Crippen LogP contribution in [0.4, 0.5) is 0 Å². The van der Waals surface area contributed by atoms with Gasteiger partial charge in [0.25, 0.3) is 11.5 Å². The zero-order valence-electron chi connectivity index (χ0n) is 14.2. The van der Waals surface area contributed by atoms with Crippen molar-refractivity contribution in [2.75, 3.05) is 0 Å². The van der Waals surface area contributed by atoms with Gasteiger partial charge in [0.15, 0.2) is 4.96 Å². The third-order valence-electron chi connectivity index (χ3n) is 4.16. The Morgan fingerprint density at radius 3 is 2.70 bits per heavy atom. The van der Waals surface area contributed by atoms with Crippen molar-refractivity contribution in [1.82, 2.24) is 14.7 Å². The minimum absolute atomic E-state index is 0.0117. The summed E-state index contributed by atoms with van der Waals surface area (Å²) in [6.07, 6.45) is 1.34. The molecule has 1 N–H and O–H groups in total. The first-order chi connectivity index (χ1) is 13.0. The monoisotopic (exact) mass is 415 g/mol. The van der Waals surface area contributed by atoms with Gasteiger partial charge in [0.05, 0.1) is 20.9 Å². The average molecular weight is 416 g/mol. The van der Waals surface area contributed by atoms with Crippen LogP contribution in [0, 0.1) is 0 Å². The van der Waals surface area contributed by atoms with Crippen molar-refractivity contribution in [2.24, 2.45) is 0 Å². The van der Waals surface area contributed by atoms with Crippen molar-refractivity contribution < 1.29 is 4.79 Å². The second kappa shape index (κ2) is 7.26. The molecular formula is C19H14ClN3O2S2. The van der Waals surface area contributed by atoms with E-state index in [2.05, 4.69) is 10.3 Å². The molecule has 0 bridgehead atoms. The predicted octanol–water partition coefficient (Wildman–Crippen LogP) is 4.63. The fourth-order valence-electron chi connectivity index (χ4n) is 2.77. The highest BCUT2D eigenvalue weighted by Crippen LogP contribution is 2.32. The van der Waals surface area contributed by atoms with Gasteiger partial charge in [-0.3, -0.25) is 9.59 Å².